The number of thioether (sulfide) groups is 1. The van der Waals surface area contributed by atoms with Gasteiger partial charge in [0.15, 0.2) is 11.0 Å². The highest BCUT2D eigenvalue weighted by atomic mass is 32.2. The summed E-state index contributed by atoms with van der Waals surface area (Å²) in [6.07, 6.45) is 0. The van der Waals surface area contributed by atoms with Crippen molar-refractivity contribution in [1.29, 1.82) is 0 Å². The Morgan fingerprint density at radius 3 is 2.42 bits per heavy atom. The van der Waals surface area contributed by atoms with E-state index in [2.05, 4.69) is 10.2 Å². The number of nitrogens with zero attached hydrogens (tertiary/aromatic N) is 3. The van der Waals surface area contributed by atoms with E-state index in [0.717, 1.165) is 16.5 Å². The lowest BCUT2D eigenvalue weighted by molar-refractivity contribution is 0.343. The number of primary sulfonamides is 1. The molecular weight excluding hydrogens is 372 g/mol. The molecule has 0 bridgehead atoms. The molecule has 136 valence electrons. The maximum atomic E-state index is 11.2. The third-order valence-corrected chi connectivity index (χ3v) is 5.52. The van der Waals surface area contributed by atoms with E-state index in [1.165, 1.54) is 23.9 Å². The topological polar surface area (TPSA) is 100 Å². The zero-order valence-corrected chi connectivity index (χ0v) is 15.7. The lowest BCUT2D eigenvalue weighted by Crippen LogP contribution is -2.11. The van der Waals surface area contributed by atoms with Crippen molar-refractivity contribution in [2.24, 2.45) is 12.2 Å². The molecule has 1 heterocycles. The van der Waals surface area contributed by atoms with Crippen molar-refractivity contribution in [2.45, 2.75) is 10.1 Å². The van der Waals surface area contributed by atoms with Gasteiger partial charge < -0.3 is 9.30 Å². The second-order valence-corrected chi connectivity index (χ2v) is 8.07. The van der Waals surface area contributed by atoms with Gasteiger partial charge >= 0.3 is 0 Å². The monoisotopic (exact) mass is 390 g/mol. The fourth-order valence-corrected chi connectivity index (χ4v) is 3.54. The molecule has 0 aliphatic carbocycles. The minimum absolute atomic E-state index is 0.0618. The smallest absolute Gasteiger partial charge is 0.238 e. The summed E-state index contributed by atoms with van der Waals surface area (Å²) in [6.45, 7) is 0.451. The molecule has 0 aliphatic heterocycles. The first-order chi connectivity index (χ1) is 12.4. The van der Waals surface area contributed by atoms with Crippen molar-refractivity contribution in [3.63, 3.8) is 0 Å². The number of rotatable bonds is 7. The second-order valence-electron chi connectivity index (χ2n) is 5.44. The van der Waals surface area contributed by atoms with Crippen LogP contribution in [0.2, 0.25) is 0 Å². The van der Waals surface area contributed by atoms with Crippen LogP contribution in [0.4, 0.5) is 0 Å². The van der Waals surface area contributed by atoms with Gasteiger partial charge in [0, 0.05) is 18.4 Å². The Kier molecular flexibility index (Phi) is 5.60. The zero-order chi connectivity index (χ0) is 18.6. The van der Waals surface area contributed by atoms with Gasteiger partial charge in [-0.25, -0.2) is 13.6 Å². The molecule has 0 atom stereocenters. The van der Waals surface area contributed by atoms with Gasteiger partial charge in [-0.3, -0.25) is 0 Å². The molecular formula is C17H18N4O3S2. The van der Waals surface area contributed by atoms with E-state index in [-0.39, 0.29) is 4.90 Å². The van der Waals surface area contributed by atoms with Crippen LogP contribution < -0.4 is 9.88 Å². The van der Waals surface area contributed by atoms with Crippen LogP contribution >= 0.6 is 11.8 Å². The average molecular weight is 390 g/mol. The average Bonchev–Trinajstić information content (AvgIpc) is 3.00. The van der Waals surface area contributed by atoms with Gasteiger partial charge in [-0.2, -0.15) is 0 Å². The van der Waals surface area contributed by atoms with Crippen molar-refractivity contribution >= 4 is 21.8 Å². The number of hydrogen-bond acceptors (Lipinski definition) is 6. The van der Waals surface area contributed by atoms with E-state index in [1.54, 1.807) is 12.1 Å². The minimum Gasteiger partial charge on any atom is -0.493 e. The molecule has 0 saturated heterocycles. The molecule has 0 saturated carbocycles. The van der Waals surface area contributed by atoms with Gasteiger partial charge in [0.05, 0.1) is 11.5 Å². The predicted molar refractivity (Wildman–Crippen MR) is 100 cm³/mol. The standard InChI is InChI=1S/C17H18N4O3S2/c1-21-16(13-5-3-2-4-6-13)19-20-17(21)25-12-11-24-14-7-9-15(10-8-14)26(18,22)23/h2-10H,11-12H2,1H3,(H2,18,22,23). The van der Waals surface area contributed by atoms with Crippen molar-refractivity contribution < 1.29 is 13.2 Å². The number of nitrogens with two attached hydrogens (primary N) is 1. The van der Waals surface area contributed by atoms with E-state index in [0.29, 0.717) is 18.1 Å². The van der Waals surface area contributed by atoms with Crippen molar-refractivity contribution in [1.82, 2.24) is 14.8 Å². The second kappa shape index (κ2) is 7.90. The van der Waals surface area contributed by atoms with Gasteiger partial charge in [-0.15, -0.1) is 10.2 Å². The predicted octanol–water partition coefficient (Wildman–Crippen LogP) is 2.30. The third-order valence-electron chi connectivity index (χ3n) is 3.60. The van der Waals surface area contributed by atoms with E-state index in [4.69, 9.17) is 9.88 Å². The molecule has 26 heavy (non-hydrogen) atoms. The summed E-state index contributed by atoms with van der Waals surface area (Å²) >= 11 is 1.54. The maximum Gasteiger partial charge on any atom is 0.238 e. The largest absolute Gasteiger partial charge is 0.493 e. The van der Waals surface area contributed by atoms with E-state index in [9.17, 15) is 8.42 Å². The summed E-state index contributed by atoms with van der Waals surface area (Å²) in [4.78, 5) is 0.0618. The number of hydrogen-bond donors (Lipinski definition) is 1. The van der Waals surface area contributed by atoms with Gasteiger partial charge in [0.25, 0.3) is 0 Å². The zero-order valence-electron chi connectivity index (χ0n) is 14.1. The molecule has 7 nitrogen and oxygen atoms in total. The number of sulfonamides is 1. The summed E-state index contributed by atoms with van der Waals surface area (Å²) < 4.78 is 30.0. The summed E-state index contributed by atoms with van der Waals surface area (Å²) in [5.41, 5.74) is 1.01. The highest BCUT2D eigenvalue weighted by Crippen LogP contribution is 2.22. The van der Waals surface area contributed by atoms with Gasteiger partial charge in [-0.1, -0.05) is 42.1 Å². The molecule has 0 amide bonds. The molecule has 0 spiro atoms. The normalized spacial score (nSPS) is 11.5. The number of ether oxygens (including phenoxy) is 1. The highest BCUT2D eigenvalue weighted by molar-refractivity contribution is 7.99. The SMILES string of the molecule is Cn1c(SCCOc2ccc(S(N)(=O)=O)cc2)nnc1-c1ccccc1. The van der Waals surface area contributed by atoms with E-state index in [1.807, 2.05) is 41.9 Å². The Morgan fingerprint density at radius 2 is 1.77 bits per heavy atom. The molecule has 3 rings (SSSR count). The van der Waals surface area contributed by atoms with E-state index < -0.39 is 10.0 Å². The van der Waals surface area contributed by atoms with Gasteiger partial charge in [0.2, 0.25) is 10.0 Å². The van der Waals surface area contributed by atoms with Crippen LogP contribution in [0, 0.1) is 0 Å². The van der Waals surface area contributed by atoms with Crippen LogP contribution in [0.3, 0.4) is 0 Å². The molecule has 3 aromatic rings. The quantitative estimate of drug-likeness (QED) is 0.491. The lowest BCUT2D eigenvalue weighted by atomic mass is 10.2. The Balaban J connectivity index is 1.54. The summed E-state index contributed by atoms with van der Waals surface area (Å²) in [5, 5.41) is 14.3. The molecule has 0 radical (unpaired) electrons. The molecule has 9 heteroatoms. The van der Waals surface area contributed by atoms with Crippen molar-refractivity contribution in [3.8, 4) is 17.1 Å². The summed E-state index contributed by atoms with van der Waals surface area (Å²) in [7, 11) is -1.76. The Morgan fingerprint density at radius 1 is 1.08 bits per heavy atom. The molecule has 1 aromatic heterocycles. The van der Waals surface area contributed by atoms with Crippen LogP contribution in [-0.4, -0.2) is 35.5 Å². The summed E-state index contributed by atoms with van der Waals surface area (Å²) in [6, 6.07) is 15.9. The Labute approximate surface area is 156 Å². The Bertz CT molecular complexity index is 971. The van der Waals surface area contributed by atoms with Crippen LogP contribution in [0.15, 0.2) is 64.6 Å². The molecule has 0 unspecified atom stereocenters. The maximum absolute atomic E-state index is 11.2. The third kappa shape index (κ3) is 4.43. The van der Waals surface area contributed by atoms with Crippen LogP contribution in [-0.2, 0) is 17.1 Å². The first kappa shape index (κ1) is 18.4. The molecule has 0 aliphatic rings. The lowest BCUT2D eigenvalue weighted by Gasteiger charge is -2.07. The van der Waals surface area contributed by atoms with E-state index >= 15 is 0 Å². The van der Waals surface area contributed by atoms with Gasteiger partial charge in [0.1, 0.15) is 5.75 Å². The minimum atomic E-state index is -3.68. The number of aromatic nitrogens is 3. The first-order valence-electron chi connectivity index (χ1n) is 7.78. The molecule has 2 N–H and O–H groups in total. The van der Waals surface area contributed by atoms with Crippen molar-refractivity contribution in [3.05, 3.63) is 54.6 Å². The van der Waals surface area contributed by atoms with Crippen LogP contribution in [0.25, 0.3) is 11.4 Å². The van der Waals surface area contributed by atoms with Gasteiger partial charge in [-0.05, 0) is 24.3 Å². The Hall–Kier alpha value is -2.36. The van der Waals surface area contributed by atoms with Crippen LogP contribution in [0.5, 0.6) is 5.75 Å². The fourth-order valence-electron chi connectivity index (χ4n) is 2.30. The summed E-state index contributed by atoms with van der Waals surface area (Å²) in [5.74, 6) is 2.08. The van der Waals surface area contributed by atoms with Crippen molar-refractivity contribution in [2.75, 3.05) is 12.4 Å². The number of benzene rings is 2. The fraction of sp³-hybridized carbons (Fsp3) is 0.176. The first-order valence-corrected chi connectivity index (χ1v) is 10.3. The van der Waals surface area contributed by atoms with Crippen LogP contribution in [0.1, 0.15) is 0 Å². The highest BCUT2D eigenvalue weighted by Gasteiger charge is 2.11. The molecule has 0 fully saturated rings. The molecule has 2 aromatic carbocycles.